The molecule has 1 fully saturated rings. The number of alkyl carbamates (subject to hydrolysis) is 1. The van der Waals surface area contributed by atoms with Gasteiger partial charge in [-0.15, -0.1) is 0 Å². The van der Waals surface area contributed by atoms with Crippen molar-refractivity contribution in [2.45, 2.75) is 43.4 Å². The first-order chi connectivity index (χ1) is 22.9. The van der Waals surface area contributed by atoms with E-state index in [-0.39, 0.29) is 24.4 Å². The quantitative estimate of drug-likeness (QED) is 0.193. The zero-order valence-corrected chi connectivity index (χ0v) is 26.2. The fraction of sp³-hybridized carbons (Fsp3) is 0.289. The van der Waals surface area contributed by atoms with Crippen LogP contribution >= 0.6 is 0 Å². The van der Waals surface area contributed by atoms with E-state index >= 15 is 4.39 Å². The summed E-state index contributed by atoms with van der Waals surface area (Å²) in [6, 6.07) is 31.8. The molecule has 0 unspecified atom stereocenters. The van der Waals surface area contributed by atoms with Crippen molar-refractivity contribution in [3.63, 3.8) is 0 Å². The summed E-state index contributed by atoms with van der Waals surface area (Å²) in [6.07, 6.45) is -0.182. The molecule has 1 aliphatic rings. The highest BCUT2D eigenvalue weighted by molar-refractivity contribution is 5.91. The number of aryl methyl sites for hydroxylation is 1. The lowest BCUT2D eigenvalue weighted by Crippen LogP contribution is -2.47. The van der Waals surface area contributed by atoms with Gasteiger partial charge < -0.3 is 24.8 Å². The minimum Gasteiger partial charge on any atom is -0.491 e. The zero-order chi connectivity index (χ0) is 33.0. The smallest absolute Gasteiger partial charge is 0.407 e. The van der Waals surface area contributed by atoms with Crippen LogP contribution in [0.3, 0.4) is 0 Å². The van der Waals surface area contributed by atoms with Crippen LogP contribution in [0.1, 0.15) is 40.2 Å². The largest absolute Gasteiger partial charge is 0.491 e. The first kappa shape index (κ1) is 33.3. The van der Waals surface area contributed by atoms with Crippen molar-refractivity contribution in [1.82, 2.24) is 10.6 Å². The van der Waals surface area contributed by atoms with Crippen LogP contribution in [0.15, 0.2) is 103 Å². The number of ketones is 1. The normalized spacial score (nSPS) is 16.6. The van der Waals surface area contributed by atoms with Crippen molar-refractivity contribution in [1.29, 1.82) is 5.26 Å². The molecule has 0 radical (unpaired) electrons. The van der Waals surface area contributed by atoms with Crippen LogP contribution in [0.25, 0.3) is 0 Å². The van der Waals surface area contributed by atoms with Crippen LogP contribution in [-0.2, 0) is 27.1 Å². The van der Waals surface area contributed by atoms with Crippen molar-refractivity contribution >= 4 is 11.9 Å². The number of nitrogens with one attached hydrogen (secondary N) is 2. The highest BCUT2D eigenvalue weighted by atomic mass is 19.1. The van der Waals surface area contributed by atoms with Crippen molar-refractivity contribution < 1.29 is 28.2 Å². The van der Waals surface area contributed by atoms with Gasteiger partial charge in [0.15, 0.2) is 5.78 Å². The Morgan fingerprint density at radius 1 is 0.936 bits per heavy atom. The average Bonchev–Trinajstić information content (AvgIpc) is 3.12. The summed E-state index contributed by atoms with van der Waals surface area (Å²) in [5, 5.41) is 15.1. The first-order valence-electron chi connectivity index (χ1n) is 15.7. The minimum atomic E-state index is -1.01. The van der Waals surface area contributed by atoms with Crippen molar-refractivity contribution in [2.75, 3.05) is 26.8 Å². The topological polar surface area (TPSA) is 110 Å². The van der Waals surface area contributed by atoms with Crippen molar-refractivity contribution in [3.8, 4) is 11.8 Å². The number of benzene rings is 4. The van der Waals surface area contributed by atoms with Gasteiger partial charge in [0, 0.05) is 25.4 Å². The summed E-state index contributed by atoms with van der Waals surface area (Å²) in [6.45, 7) is 1.61. The van der Waals surface area contributed by atoms with Crippen LogP contribution < -0.4 is 15.4 Å². The number of amides is 1. The Kier molecular flexibility index (Phi) is 11.7. The second-order valence-corrected chi connectivity index (χ2v) is 11.5. The van der Waals surface area contributed by atoms with Crippen molar-refractivity contribution in [2.24, 2.45) is 0 Å². The number of hydrogen-bond acceptors (Lipinski definition) is 7. The van der Waals surface area contributed by atoms with E-state index in [1.807, 2.05) is 66.7 Å². The molecular weight excluding hydrogens is 597 g/mol. The number of morpholine rings is 1. The molecule has 1 aliphatic heterocycles. The van der Waals surface area contributed by atoms with E-state index in [9.17, 15) is 9.59 Å². The number of hydrogen-bond donors (Lipinski definition) is 2. The van der Waals surface area contributed by atoms with Gasteiger partial charge in [-0.25, -0.2) is 9.18 Å². The minimum absolute atomic E-state index is 0.139. The number of rotatable bonds is 13. The Morgan fingerprint density at radius 3 is 2.23 bits per heavy atom. The third-order valence-corrected chi connectivity index (χ3v) is 8.31. The third kappa shape index (κ3) is 9.03. The second kappa shape index (κ2) is 16.5. The Balaban J connectivity index is 1.29. The molecule has 1 amide bonds. The number of carbonyl (C=O) groups excluding carboxylic acids is 2. The lowest BCUT2D eigenvalue weighted by Gasteiger charge is -2.31. The Bertz CT molecular complexity index is 1620. The first-order valence-corrected chi connectivity index (χ1v) is 15.7. The molecule has 242 valence electrons. The summed E-state index contributed by atoms with van der Waals surface area (Å²) < 4.78 is 32.5. The van der Waals surface area contributed by atoms with E-state index in [2.05, 4.69) is 16.7 Å². The summed E-state index contributed by atoms with van der Waals surface area (Å²) >= 11 is 0. The zero-order valence-electron chi connectivity index (χ0n) is 26.2. The monoisotopic (exact) mass is 635 g/mol. The molecule has 1 saturated heterocycles. The van der Waals surface area contributed by atoms with Gasteiger partial charge in [0.25, 0.3) is 0 Å². The summed E-state index contributed by atoms with van der Waals surface area (Å²) in [4.78, 5) is 26.7. The standard InChI is InChI=1S/C38H38FN3O5/c1-45-38(44)42-37(36(28-9-4-2-5-10-28)29-11-6-3-7-12-29)35(43)21-33-27(13-8-14-34(33)39)17-20-31-23-41-24-32(47-31)25-46-30-18-15-26(22-40)16-19-30/h2-16,18-19,31-32,36-37,41H,17,20-21,23-25H2,1H3,(H,42,44)/t31-,32+,37-/m1/s1. The highest BCUT2D eigenvalue weighted by Crippen LogP contribution is 2.30. The van der Waals surface area contributed by atoms with Crippen LogP contribution in [0, 0.1) is 17.1 Å². The second-order valence-electron chi connectivity index (χ2n) is 11.5. The molecule has 0 aromatic heterocycles. The van der Waals surface area contributed by atoms with Gasteiger partial charge in [-0.2, -0.15) is 5.26 Å². The van der Waals surface area contributed by atoms with Gasteiger partial charge in [-0.05, 0) is 65.4 Å². The summed E-state index contributed by atoms with van der Waals surface area (Å²) in [5.41, 5.74) is 3.25. The molecule has 4 aromatic carbocycles. The molecule has 0 saturated carbocycles. The van der Waals surface area contributed by atoms with E-state index in [4.69, 9.17) is 19.5 Å². The summed E-state index contributed by atoms with van der Waals surface area (Å²) in [5.74, 6) is -0.676. The van der Waals surface area contributed by atoms with Gasteiger partial charge in [-0.1, -0.05) is 72.8 Å². The number of carbonyl (C=O) groups is 2. The fourth-order valence-electron chi connectivity index (χ4n) is 5.93. The molecule has 2 N–H and O–H groups in total. The Morgan fingerprint density at radius 2 is 1.60 bits per heavy atom. The van der Waals surface area contributed by atoms with Crippen LogP contribution in [0.2, 0.25) is 0 Å². The summed E-state index contributed by atoms with van der Waals surface area (Å²) in [7, 11) is 1.25. The molecule has 5 rings (SSSR count). The highest BCUT2D eigenvalue weighted by Gasteiger charge is 2.33. The molecule has 47 heavy (non-hydrogen) atoms. The van der Waals surface area contributed by atoms with E-state index in [0.29, 0.717) is 55.0 Å². The molecular formula is C38H38FN3O5. The van der Waals surface area contributed by atoms with Crippen molar-refractivity contribution in [3.05, 3.63) is 137 Å². The Labute approximate surface area is 274 Å². The van der Waals surface area contributed by atoms with Gasteiger partial charge in [0.05, 0.1) is 24.8 Å². The maximum Gasteiger partial charge on any atom is 0.407 e. The Hall–Kier alpha value is -5.04. The van der Waals surface area contributed by atoms with Crippen LogP contribution in [0.4, 0.5) is 9.18 Å². The van der Waals surface area contributed by atoms with E-state index in [1.165, 1.54) is 13.2 Å². The lowest BCUT2D eigenvalue weighted by atomic mass is 9.81. The third-order valence-electron chi connectivity index (χ3n) is 8.31. The molecule has 3 atom stereocenters. The van der Waals surface area contributed by atoms with E-state index in [1.54, 1.807) is 30.3 Å². The molecule has 0 aliphatic carbocycles. The number of Topliss-reactive ketones (excluding diaryl/α,β-unsaturated/α-hetero) is 1. The fourth-order valence-corrected chi connectivity index (χ4v) is 5.93. The predicted octanol–water partition coefficient (Wildman–Crippen LogP) is 5.73. The van der Waals surface area contributed by atoms with Gasteiger partial charge in [0.2, 0.25) is 0 Å². The number of halogens is 1. The van der Waals surface area contributed by atoms with Gasteiger partial charge >= 0.3 is 6.09 Å². The molecule has 8 nitrogen and oxygen atoms in total. The average molecular weight is 636 g/mol. The van der Waals surface area contributed by atoms with E-state index < -0.39 is 23.9 Å². The number of methoxy groups -OCH3 is 1. The van der Waals surface area contributed by atoms with Gasteiger partial charge in [-0.3, -0.25) is 4.79 Å². The number of nitriles is 1. The van der Waals surface area contributed by atoms with Crippen LogP contribution in [0.5, 0.6) is 5.75 Å². The molecule has 0 bridgehead atoms. The SMILES string of the molecule is COC(=O)N[C@H](C(=O)Cc1c(F)cccc1CC[C@@H]1CNC[C@@H](COc2ccc(C#N)cc2)O1)C(c1ccccc1)c1ccccc1. The number of ether oxygens (including phenoxy) is 3. The van der Waals surface area contributed by atoms with E-state index in [0.717, 1.165) is 11.1 Å². The predicted molar refractivity (Wildman–Crippen MR) is 176 cm³/mol. The number of nitrogens with zero attached hydrogens (tertiary/aromatic N) is 1. The van der Waals surface area contributed by atoms with Crippen LogP contribution in [-0.4, -0.2) is 56.9 Å². The molecule has 1 heterocycles. The maximum absolute atomic E-state index is 15.4. The molecule has 9 heteroatoms. The maximum atomic E-state index is 15.4. The lowest BCUT2D eigenvalue weighted by molar-refractivity contribution is -0.120. The molecule has 0 spiro atoms. The molecule has 4 aromatic rings. The van der Waals surface area contributed by atoms with Gasteiger partial charge in [0.1, 0.15) is 30.3 Å².